The molecule has 1 fully saturated rings. The Bertz CT molecular complexity index is 342. The van der Waals surface area contributed by atoms with Crippen LogP contribution >= 0.6 is 0 Å². The van der Waals surface area contributed by atoms with Crippen LogP contribution in [0, 0.1) is 0 Å². The Morgan fingerprint density at radius 2 is 2.53 bits per heavy atom. The van der Waals surface area contributed by atoms with Crippen LogP contribution in [0.15, 0.2) is 18.6 Å². The third-order valence-electron chi connectivity index (χ3n) is 2.50. The fourth-order valence-electron chi connectivity index (χ4n) is 1.73. The Kier molecular flexibility index (Phi) is 2.80. The average Bonchev–Trinajstić information content (AvgIpc) is 2.61. The lowest BCUT2D eigenvalue weighted by molar-refractivity contribution is 0.159. The van der Waals surface area contributed by atoms with Gasteiger partial charge in [0.1, 0.15) is 12.9 Å². The Morgan fingerprint density at radius 3 is 3.20 bits per heavy atom. The third kappa shape index (κ3) is 2.06. The van der Waals surface area contributed by atoms with Gasteiger partial charge in [-0.25, -0.2) is 14.8 Å². The fraction of sp³-hybridized carbons (Fsp3) is 0.500. The molecule has 2 heterocycles. The molecule has 1 atom stereocenters. The first kappa shape index (κ1) is 9.89. The van der Waals surface area contributed by atoms with Gasteiger partial charge in [0.15, 0.2) is 0 Å². The van der Waals surface area contributed by atoms with Gasteiger partial charge in [-0.3, -0.25) is 0 Å². The monoisotopic (exact) mass is 207 g/mol. The number of hydrogen-bond donors (Lipinski definition) is 0. The summed E-state index contributed by atoms with van der Waals surface area (Å²) >= 11 is 0. The second-order valence-corrected chi connectivity index (χ2v) is 3.42. The third-order valence-corrected chi connectivity index (χ3v) is 2.50. The first-order chi connectivity index (χ1) is 7.31. The summed E-state index contributed by atoms with van der Waals surface area (Å²) in [5.74, 6) is 0. The van der Waals surface area contributed by atoms with Crippen LogP contribution in [0.3, 0.4) is 0 Å². The molecule has 0 radical (unpaired) electrons. The van der Waals surface area contributed by atoms with Crippen LogP contribution in [0.1, 0.15) is 12.6 Å². The zero-order valence-corrected chi connectivity index (χ0v) is 8.59. The van der Waals surface area contributed by atoms with Gasteiger partial charge in [0, 0.05) is 24.9 Å². The van der Waals surface area contributed by atoms with Crippen molar-refractivity contribution in [3.8, 4) is 0 Å². The number of carbonyl (C=O) groups excluding carboxylic acids is 1. The van der Waals surface area contributed by atoms with Crippen LogP contribution in [-0.4, -0.2) is 40.2 Å². The summed E-state index contributed by atoms with van der Waals surface area (Å²) in [6.45, 7) is 3.07. The minimum atomic E-state index is -0.225. The number of amides is 1. The summed E-state index contributed by atoms with van der Waals surface area (Å²) in [5, 5.41) is 0. The summed E-state index contributed by atoms with van der Waals surface area (Å²) in [6, 6.07) is 1.97. The molecule has 80 valence electrons. The van der Waals surface area contributed by atoms with Crippen molar-refractivity contribution in [1.82, 2.24) is 14.9 Å². The van der Waals surface area contributed by atoms with Gasteiger partial charge in [-0.1, -0.05) is 0 Å². The molecule has 0 bridgehead atoms. The van der Waals surface area contributed by atoms with Gasteiger partial charge in [-0.15, -0.1) is 0 Å². The summed E-state index contributed by atoms with van der Waals surface area (Å²) in [6.07, 6.45) is 3.72. The quantitative estimate of drug-likeness (QED) is 0.737. The van der Waals surface area contributed by atoms with Crippen LogP contribution < -0.4 is 0 Å². The van der Waals surface area contributed by atoms with Crippen LogP contribution in [0.5, 0.6) is 0 Å². The Balaban J connectivity index is 2.04. The molecule has 0 N–H and O–H groups in total. The number of rotatable bonds is 3. The van der Waals surface area contributed by atoms with Gasteiger partial charge < -0.3 is 9.64 Å². The second kappa shape index (κ2) is 4.25. The van der Waals surface area contributed by atoms with Gasteiger partial charge in [-0.05, 0) is 13.0 Å². The molecule has 2 rings (SSSR count). The van der Waals surface area contributed by atoms with Gasteiger partial charge in [-0.2, -0.15) is 0 Å². The van der Waals surface area contributed by atoms with E-state index in [1.165, 1.54) is 6.33 Å². The molecular weight excluding hydrogens is 194 g/mol. The van der Waals surface area contributed by atoms with Crippen molar-refractivity contribution in [2.75, 3.05) is 13.2 Å². The molecule has 1 amide bonds. The van der Waals surface area contributed by atoms with E-state index >= 15 is 0 Å². The normalized spacial score (nSPS) is 20.5. The number of carbonyl (C=O) groups is 1. The minimum Gasteiger partial charge on any atom is -0.447 e. The highest BCUT2D eigenvalue weighted by Crippen LogP contribution is 2.15. The largest absolute Gasteiger partial charge is 0.447 e. The molecule has 1 aromatic heterocycles. The van der Waals surface area contributed by atoms with Crippen molar-refractivity contribution >= 4 is 6.09 Å². The van der Waals surface area contributed by atoms with Crippen LogP contribution in [-0.2, 0) is 11.2 Å². The van der Waals surface area contributed by atoms with Crippen molar-refractivity contribution in [1.29, 1.82) is 0 Å². The predicted octanol–water partition coefficient (Wildman–Crippen LogP) is 0.860. The maximum Gasteiger partial charge on any atom is 0.410 e. The topological polar surface area (TPSA) is 55.3 Å². The zero-order valence-electron chi connectivity index (χ0n) is 8.59. The number of ether oxygens (including phenoxy) is 1. The lowest BCUT2D eigenvalue weighted by Crippen LogP contribution is -2.34. The SMILES string of the molecule is CCN1C(=O)OCC1Cc1ccncn1. The van der Waals surface area contributed by atoms with Crippen molar-refractivity contribution in [2.24, 2.45) is 0 Å². The van der Waals surface area contributed by atoms with Crippen LogP contribution in [0.2, 0.25) is 0 Å². The lowest BCUT2D eigenvalue weighted by Gasteiger charge is -2.18. The smallest absolute Gasteiger partial charge is 0.410 e. The molecule has 1 aliphatic heterocycles. The lowest BCUT2D eigenvalue weighted by atomic mass is 10.1. The number of likely N-dealkylation sites (N-methyl/N-ethyl adjacent to an activating group) is 1. The Hall–Kier alpha value is -1.65. The maximum absolute atomic E-state index is 11.3. The molecule has 0 aliphatic carbocycles. The second-order valence-electron chi connectivity index (χ2n) is 3.42. The highest BCUT2D eigenvalue weighted by molar-refractivity contribution is 5.70. The van der Waals surface area contributed by atoms with E-state index < -0.39 is 0 Å². The summed E-state index contributed by atoms with van der Waals surface area (Å²) < 4.78 is 4.98. The predicted molar refractivity (Wildman–Crippen MR) is 53.3 cm³/mol. The van der Waals surface area contributed by atoms with Crippen molar-refractivity contribution in [3.63, 3.8) is 0 Å². The summed E-state index contributed by atoms with van der Waals surface area (Å²) in [7, 11) is 0. The highest BCUT2D eigenvalue weighted by Gasteiger charge is 2.31. The molecule has 1 unspecified atom stereocenters. The number of nitrogens with zero attached hydrogens (tertiary/aromatic N) is 3. The van der Waals surface area contributed by atoms with Crippen molar-refractivity contribution < 1.29 is 9.53 Å². The maximum atomic E-state index is 11.3. The fourth-order valence-corrected chi connectivity index (χ4v) is 1.73. The molecule has 5 nitrogen and oxygen atoms in total. The Labute approximate surface area is 88.1 Å². The highest BCUT2D eigenvalue weighted by atomic mass is 16.6. The van der Waals surface area contributed by atoms with E-state index in [4.69, 9.17) is 4.74 Å². The van der Waals surface area contributed by atoms with E-state index in [9.17, 15) is 4.79 Å². The molecule has 1 saturated heterocycles. The van der Waals surface area contributed by atoms with Crippen LogP contribution in [0.25, 0.3) is 0 Å². The van der Waals surface area contributed by atoms with E-state index in [0.29, 0.717) is 13.2 Å². The van der Waals surface area contributed by atoms with Crippen molar-refractivity contribution in [3.05, 3.63) is 24.3 Å². The Morgan fingerprint density at radius 1 is 1.67 bits per heavy atom. The number of cyclic esters (lactones) is 1. The molecule has 0 spiro atoms. The van der Waals surface area contributed by atoms with Gasteiger partial charge in [0.2, 0.25) is 0 Å². The van der Waals surface area contributed by atoms with Crippen molar-refractivity contribution in [2.45, 2.75) is 19.4 Å². The summed E-state index contributed by atoms with van der Waals surface area (Å²) in [5.41, 5.74) is 0.937. The van der Waals surface area contributed by atoms with Gasteiger partial charge in [0.05, 0.1) is 6.04 Å². The van der Waals surface area contributed by atoms with E-state index in [1.54, 1.807) is 11.1 Å². The molecule has 15 heavy (non-hydrogen) atoms. The molecule has 5 heteroatoms. The summed E-state index contributed by atoms with van der Waals surface area (Å²) in [4.78, 5) is 21.0. The molecule has 0 saturated carbocycles. The zero-order chi connectivity index (χ0) is 10.7. The molecule has 1 aromatic rings. The van der Waals surface area contributed by atoms with Crippen LogP contribution in [0.4, 0.5) is 4.79 Å². The number of aromatic nitrogens is 2. The van der Waals surface area contributed by atoms with E-state index in [2.05, 4.69) is 9.97 Å². The van der Waals surface area contributed by atoms with Gasteiger partial charge in [0.25, 0.3) is 0 Å². The van der Waals surface area contributed by atoms with E-state index in [1.807, 2.05) is 13.0 Å². The first-order valence-electron chi connectivity index (χ1n) is 4.99. The van der Waals surface area contributed by atoms with E-state index in [-0.39, 0.29) is 12.1 Å². The van der Waals surface area contributed by atoms with E-state index in [0.717, 1.165) is 12.1 Å². The van der Waals surface area contributed by atoms with Gasteiger partial charge >= 0.3 is 6.09 Å². The molecule has 0 aromatic carbocycles. The average molecular weight is 207 g/mol. The number of hydrogen-bond acceptors (Lipinski definition) is 4. The first-order valence-corrected chi connectivity index (χ1v) is 4.99. The molecular formula is C10H13N3O2. The standard InChI is InChI=1S/C10H13N3O2/c1-2-13-9(6-15-10(13)14)5-8-3-4-11-7-12-8/h3-4,7,9H,2,5-6H2,1H3. The minimum absolute atomic E-state index is 0.109. The molecule has 1 aliphatic rings.